The van der Waals surface area contributed by atoms with E-state index in [0.717, 1.165) is 12.1 Å². The molecule has 1 heterocycles. The van der Waals surface area contributed by atoms with Gasteiger partial charge in [0.2, 0.25) is 5.91 Å². The molecule has 4 nitrogen and oxygen atoms in total. The molecule has 0 spiro atoms. The molecule has 0 bridgehead atoms. The Kier molecular flexibility index (Phi) is 6.43. The van der Waals surface area contributed by atoms with E-state index in [0.29, 0.717) is 13.0 Å². The quantitative estimate of drug-likeness (QED) is 0.568. The van der Waals surface area contributed by atoms with Crippen molar-refractivity contribution in [1.82, 2.24) is 10.3 Å². The molecule has 1 amide bonds. The first-order valence-corrected chi connectivity index (χ1v) is 10.5. The van der Waals surface area contributed by atoms with Crippen LogP contribution < -0.4 is 10.2 Å². The second-order valence-corrected chi connectivity index (χ2v) is 9.23. The van der Waals surface area contributed by atoms with E-state index in [1.54, 1.807) is 0 Å². The fourth-order valence-electron chi connectivity index (χ4n) is 3.71. The van der Waals surface area contributed by atoms with Crippen LogP contribution in [0.1, 0.15) is 49.8 Å². The zero-order valence-corrected chi connectivity index (χ0v) is 18.3. The molecule has 0 unspecified atom stereocenters. The number of nitrogens with one attached hydrogen (secondary N) is 3. The standard InChI is InChI=1S/C25H33N3O/c1-25(2,3)19-12-10-18(11-13-19)21(16-24(29)26-14-15-28(4)5)22-17-27-23-9-7-6-8-20(22)23/h6-13,17,21,27H,14-16H2,1-5H3,(H,26,29)/p+1/t21-/m0/s1. The normalized spacial score (nSPS) is 13.0. The zero-order chi connectivity index (χ0) is 21.0. The van der Waals surface area contributed by atoms with Crippen molar-refractivity contribution in [2.75, 3.05) is 27.2 Å². The number of para-hydroxylation sites is 1. The molecule has 3 N–H and O–H groups in total. The van der Waals surface area contributed by atoms with Gasteiger partial charge in [0.1, 0.15) is 0 Å². The van der Waals surface area contributed by atoms with Gasteiger partial charge in [-0.2, -0.15) is 0 Å². The number of H-pyrrole nitrogens is 1. The monoisotopic (exact) mass is 392 g/mol. The van der Waals surface area contributed by atoms with Gasteiger partial charge in [-0.15, -0.1) is 0 Å². The van der Waals surface area contributed by atoms with Crippen LogP contribution in [0.4, 0.5) is 0 Å². The van der Waals surface area contributed by atoms with Gasteiger partial charge in [0.05, 0.1) is 27.2 Å². The fraction of sp³-hybridized carbons (Fsp3) is 0.400. The van der Waals surface area contributed by atoms with Crippen LogP contribution in [0.5, 0.6) is 0 Å². The third-order valence-corrected chi connectivity index (χ3v) is 5.51. The van der Waals surface area contributed by atoms with E-state index in [2.05, 4.69) is 93.8 Å². The van der Waals surface area contributed by atoms with E-state index in [-0.39, 0.29) is 17.2 Å². The van der Waals surface area contributed by atoms with Crippen LogP contribution in [0.2, 0.25) is 0 Å². The predicted molar refractivity (Wildman–Crippen MR) is 121 cm³/mol. The van der Waals surface area contributed by atoms with Crippen molar-refractivity contribution in [1.29, 1.82) is 0 Å². The van der Waals surface area contributed by atoms with Gasteiger partial charge < -0.3 is 15.2 Å². The van der Waals surface area contributed by atoms with Gasteiger partial charge in [-0.05, 0) is 28.2 Å². The van der Waals surface area contributed by atoms with Gasteiger partial charge >= 0.3 is 0 Å². The number of hydrogen-bond donors (Lipinski definition) is 3. The number of hydrogen-bond acceptors (Lipinski definition) is 1. The van der Waals surface area contributed by atoms with Crippen LogP contribution in [-0.4, -0.2) is 38.1 Å². The van der Waals surface area contributed by atoms with E-state index in [1.807, 2.05) is 6.07 Å². The molecule has 0 fully saturated rings. The van der Waals surface area contributed by atoms with Crippen molar-refractivity contribution in [3.05, 3.63) is 71.4 Å². The maximum atomic E-state index is 12.7. The molecule has 0 radical (unpaired) electrons. The minimum absolute atomic E-state index is 0.0203. The Morgan fingerprint density at radius 2 is 1.76 bits per heavy atom. The Hall–Kier alpha value is -2.59. The number of rotatable bonds is 7. The molecular formula is C25H34N3O+. The number of benzene rings is 2. The number of likely N-dealkylation sites (N-methyl/N-ethyl adjacent to an activating group) is 1. The Balaban J connectivity index is 1.90. The molecule has 0 saturated heterocycles. The van der Waals surface area contributed by atoms with E-state index in [1.165, 1.54) is 27.0 Å². The van der Waals surface area contributed by atoms with Crippen LogP contribution in [0, 0.1) is 0 Å². The number of amides is 1. The molecule has 3 aromatic rings. The number of carbonyl (C=O) groups excluding carboxylic acids is 1. The van der Waals surface area contributed by atoms with E-state index < -0.39 is 0 Å². The third kappa shape index (κ3) is 5.27. The Labute approximate surface area is 174 Å². The summed E-state index contributed by atoms with van der Waals surface area (Å²) in [6.07, 6.45) is 2.50. The molecule has 29 heavy (non-hydrogen) atoms. The number of aromatic amines is 1. The predicted octanol–water partition coefficient (Wildman–Crippen LogP) is 3.25. The SMILES string of the molecule is C[NH+](C)CCNC(=O)C[C@@H](c1ccc(C(C)(C)C)cc1)c1c[nH]c2ccccc12. The number of aromatic nitrogens is 1. The molecule has 0 aliphatic rings. The van der Waals surface area contributed by atoms with Crippen LogP contribution in [0.15, 0.2) is 54.7 Å². The molecule has 2 aromatic carbocycles. The molecule has 4 heteroatoms. The highest BCUT2D eigenvalue weighted by Crippen LogP contribution is 2.34. The van der Waals surface area contributed by atoms with Crippen LogP contribution in [0.25, 0.3) is 10.9 Å². The summed E-state index contributed by atoms with van der Waals surface area (Å²) < 4.78 is 0. The Morgan fingerprint density at radius 1 is 1.07 bits per heavy atom. The summed E-state index contributed by atoms with van der Waals surface area (Å²) >= 11 is 0. The van der Waals surface area contributed by atoms with E-state index in [9.17, 15) is 4.79 Å². The summed E-state index contributed by atoms with van der Waals surface area (Å²) in [5.74, 6) is 0.119. The van der Waals surface area contributed by atoms with Gasteiger partial charge in [0.25, 0.3) is 0 Å². The van der Waals surface area contributed by atoms with Crippen molar-refractivity contribution in [2.24, 2.45) is 0 Å². The second-order valence-electron chi connectivity index (χ2n) is 9.23. The highest BCUT2D eigenvalue weighted by atomic mass is 16.1. The summed E-state index contributed by atoms with van der Waals surface area (Å²) in [7, 11) is 4.19. The lowest BCUT2D eigenvalue weighted by Gasteiger charge is -2.22. The second kappa shape index (κ2) is 8.83. The largest absolute Gasteiger partial charge is 0.361 e. The summed E-state index contributed by atoms with van der Waals surface area (Å²) in [6, 6.07) is 17.1. The maximum Gasteiger partial charge on any atom is 0.221 e. The smallest absolute Gasteiger partial charge is 0.221 e. The van der Waals surface area contributed by atoms with Crippen molar-refractivity contribution < 1.29 is 9.69 Å². The topological polar surface area (TPSA) is 49.3 Å². The molecule has 0 aliphatic heterocycles. The lowest BCUT2D eigenvalue weighted by Crippen LogP contribution is -3.06. The minimum atomic E-state index is 0.0203. The average Bonchev–Trinajstić information content (AvgIpc) is 3.09. The summed E-state index contributed by atoms with van der Waals surface area (Å²) in [5, 5.41) is 4.27. The van der Waals surface area contributed by atoms with Crippen LogP contribution in [0.3, 0.4) is 0 Å². The minimum Gasteiger partial charge on any atom is -0.361 e. The summed E-state index contributed by atoms with van der Waals surface area (Å²) in [5.41, 5.74) is 4.88. The molecule has 1 aromatic heterocycles. The summed E-state index contributed by atoms with van der Waals surface area (Å²) in [4.78, 5) is 17.4. The first-order valence-electron chi connectivity index (χ1n) is 10.5. The number of carbonyl (C=O) groups is 1. The van der Waals surface area contributed by atoms with Crippen molar-refractivity contribution >= 4 is 16.8 Å². The lowest BCUT2D eigenvalue weighted by atomic mass is 9.83. The Bertz CT molecular complexity index is 948. The van der Waals surface area contributed by atoms with Gasteiger partial charge in [-0.1, -0.05) is 63.2 Å². The first kappa shape index (κ1) is 21.1. The van der Waals surface area contributed by atoms with Gasteiger partial charge in [-0.3, -0.25) is 4.79 Å². The van der Waals surface area contributed by atoms with Gasteiger partial charge in [-0.25, -0.2) is 0 Å². The molecule has 1 atom stereocenters. The highest BCUT2D eigenvalue weighted by Gasteiger charge is 2.22. The van der Waals surface area contributed by atoms with Crippen LogP contribution in [-0.2, 0) is 10.2 Å². The van der Waals surface area contributed by atoms with Crippen molar-refractivity contribution in [3.63, 3.8) is 0 Å². The molecule has 3 rings (SSSR count). The third-order valence-electron chi connectivity index (χ3n) is 5.51. The van der Waals surface area contributed by atoms with Gasteiger partial charge in [0, 0.05) is 29.4 Å². The highest BCUT2D eigenvalue weighted by molar-refractivity contribution is 5.86. The molecule has 154 valence electrons. The van der Waals surface area contributed by atoms with E-state index in [4.69, 9.17) is 0 Å². The Morgan fingerprint density at radius 3 is 2.41 bits per heavy atom. The lowest BCUT2D eigenvalue weighted by molar-refractivity contribution is -0.856. The molecular weight excluding hydrogens is 358 g/mol. The van der Waals surface area contributed by atoms with Crippen LogP contribution >= 0.6 is 0 Å². The maximum absolute atomic E-state index is 12.7. The summed E-state index contributed by atoms with van der Waals surface area (Å²) in [6.45, 7) is 8.28. The van der Waals surface area contributed by atoms with Crippen molar-refractivity contribution in [3.8, 4) is 0 Å². The fourth-order valence-corrected chi connectivity index (χ4v) is 3.71. The van der Waals surface area contributed by atoms with Gasteiger partial charge in [0.15, 0.2) is 0 Å². The number of fused-ring (bicyclic) bond motifs is 1. The zero-order valence-electron chi connectivity index (χ0n) is 18.3. The van der Waals surface area contributed by atoms with Crippen molar-refractivity contribution in [2.45, 2.75) is 38.5 Å². The molecule has 0 saturated carbocycles. The molecule has 0 aliphatic carbocycles. The van der Waals surface area contributed by atoms with E-state index >= 15 is 0 Å². The first-order chi connectivity index (χ1) is 13.8. The average molecular weight is 393 g/mol. The number of quaternary nitrogens is 1.